The fourth-order valence-corrected chi connectivity index (χ4v) is 5.70. The summed E-state index contributed by atoms with van der Waals surface area (Å²) < 4.78 is 6.70. The maximum atomic E-state index is 9.53. The van der Waals surface area contributed by atoms with E-state index in [9.17, 15) is 5.26 Å². The van der Waals surface area contributed by atoms with Crippen LogP contribution in [0.2, 0.25) is 0 Å². The van der Waals surface area contributed by atoms with Gasteiger partial charge >= 0.3 is 0 Å². The van der Waals surface area contributed by atoms with E-state index in [2.05, 4.69) is 92.4 Å². The molecule has 5 aromatic carbocycles. The minimum absolute atomic E-state index is 0.621. The second kappa shape index (κ2) is 7.33. The van der Waals surface area contributed by atoms with Crippen LogP contribution in [0.1, 0.15) is 5.56 Å². The van der Waals surface area contributed by atoms with Crippen molar-refractivity contribution < 1.29 is 0 Å². The number of benzene rings is 5. The van der Waals surface area contributed by atoms with E-state index in [-0.39, 0.29) is 0 Å². The van der Waals surface area contributed by atoms with Crippen molar-refractivity contribution in [2.45, 2.75) is 0 Å². The van der Waals surface area contributed by atoms with Gasteiger partial charge in [-0.2, -0.15) is 5.26 Å². The number of nitriles is 1. The van der Waals surface area contributed by atoms with Gasteiger partial charge in [-0.15, -0.1) is 0 Å². The number of nitrogens with zero attached hydrogens (tertiary/aromatic N) is 5. The summed E-state index contributed by atoms with van der Waals surface area (Å²) in [4.78, 5) is 5.01. The average Bonchev–Trinajstić information content (AvgIpc) is 3.59. The third-order valence-corrected chi connectivity index (χ3v) is 7.26. The maximum absolute atomic E-state index is 9.53. The fourth-order valence-electron chi connectivity index (χ4n) is 5.70. The molecule has 3 aromatic heterocycles. The van der Waals surface area contributed by atoms with Gasteiger partial charge in [0.05, 0.1) is 50.4 Å². The molecule has 0 aliphatic heterocycles. The molecule has 0 spiro atoms. The first-order valence-corrected chi connectivity index (χ1v) is 12.2. The third kappa shape index (κ3) is 2.70. The van der Waals surface area contributed by atoms with E-state index in [4.69, 9.17) is 4.98 Å². The zero-order valence-electron chi connectivity index (χ0n) is 19.7. The standard InChI is InChI=1S/C32H19N5/c33-20-21-8-7-9-22(18-21)36-30-17-16-23(19-31(30)37-29-15-6-3-12-26(29)34-32(36)37)35-27-13-4-1-10-24(27)25-11-2-5-14-28(25)35/h1-19H. The van der Waals surface area contributed by atoms with Crippen molar-refractivity contribution in [1.82, 2.24) is 18.5 Å². The van der Waals surface area contributed by atoms with Crippen LogP contribution in [0.4, 0.5) is 0 Å². The van der Waals surface area contributed by atoms with Crippen LogP contribution in [-0.2, 0) is 0 Å². The van der Waals surface area contributed by atoms with Crippen molar-refractivity contribution in [3.8, 4) is 17.4 Å². The SMILES string of the molecule is N#Cc1cccc(-n2c3ccc(-n4c5ccccc5c5ccccc54)cc3n3c4ccccc4nc23)c1. The number of rotatable bonds is 2. The Balaban J connectivity index is 1.51. The summed E-state index contributed by atoms with van der Waals surface area (Å²) in [6.07, 6.45) is 0. The molecule has 0 aliphatic rings. The number of hydrogen-bond acceptors (Lipinski definition) is 2. The quantitative estimate of drug-likeness (QED) is 0.263. The summed E-state index contributed by atoms with van der Waals surface area (Å²) in [6, 6.07) is 41.9. The molecule has 172 valence electrons. The third-order valence-electron chi connectivity index (χ3n) is 7.26. The predicted octanol–water partition coefficient (Wildman–Crippen LogP) is 7.40. The summed E-state index contributed by atoms with van der Waals surface area (Å²) in [6.45, 7) is 0. The zero-order chi connectivity index (χ0) is 24.5. The highest BCUT2D eigenvalue weighted by atomic mass is 15.2. The summed E-state index contributed by atoms with van der Waals surface area (Å²) in [5, 5.41) is 12.0. The summed E-state index contributed by atoms with van der Waals surface area (Å²) in [5.74, 6) is 0.825. The molecular weight excluding hydrogens is 454 g/mol. The van der Waals surface area contributed by atoms with Crippen molar-refractivity contribution in [2.75, 3.05) is 0 Å². The lowest BCUT2D eigenvalue weighted by molar-refractivity contribution is 1.11. The molecule has 0 unspecified atom stereocenters. The molecule has 37 heavy (non-hydrogen) atoms. The highest BCUT2D eigenvalue weighted by Gasteiger charge is 2.19. The topological polar surface area (TPSA) is 51.0 Å². The normalized spacial score (nSPS) is 11.8. The Labute approximate surface area is 211 Å². The Morgan fingerprint density at radius 2 is 1.22 bits per heavy atom. The molecule has 0 saturated heterocycles. The first kappa shape index (κ1) is 19.9. The zero-order valence-corrected chi connectivity index (χ0v) is 19.7. The van der Waals surface area contributed by atoms with Crippen LogP contribution < -0.4 is 0 Å². The highest BCUT2D eigenvalue weighted by molar-refractivity contribution is 6.09. The maximum Gasteiger partial charge on any atom is 0.220 e. The van der Waals surface area contributed by atoms with E-state index >= 15 is 0 Å². The van der Waals surface area contributed by atoms with Crippen LogP contribution in [-0.4, -0.2) is 18.5 Å². The number of imidazole rings is 2. The Kier molecular flexibility index (Phi) is 3.94. The van der Waals surface area contributed by atoms with Crippen molar-refractivity contribution in [2.24, 2.45) is 0 Å². The van der Waals surface area contributed by atoms with E-state index in [1.165, 1.54) is 21.8 Å². The highest BCUT2D eigenvalue weighted by Crippen LogP contribution is 2.35. The number of aromatic nitrogens is 4. The molecule has 8 aromatic rings. The van der Waals surface area contributed by atoms with Gasteiger partial charge in [0.2, 0.25) is 5.78 Å². The molecule has 0 atom stereocenters. The van der Waals surface area contributed by atoms with Crippen LogP contribution in [0.5, 0.6) is 0 Å². The van der Waals surface area contributed by atoms with Crippen LogP contribution in [0.25, 0.3) is 61.0 Å². The van der Waals surface area contributed by atoms with Gasteiger partial charge in [-0.25, -0.2) is 4.98 Å². The number of para-hydroxylation sites is 4. The summed E-state index contributed by atoms with van der Waals surface area (Å²) in [5.41, 5.74) is 9.07. The molecule has 0 saturated carbocycles. The molecule has 3 heterocycles. The lowest BCUT2D eigenvalue weighted by Gasteiger charge is -2.09. The average molecular weight is 474 g/mol. The molecular formula is C32H19N5. The van der Waals surface area contributed by atoms with Crippen molar-refractivity contribution in [1.29, 1.82) is 5.26 Å². The van der Waals surface area contributed by atoms with E-state index in [1.807, 2.05) is 42.5 Å². The van der Waals surface area contributed by atoms with E-state index in [0.29, 0.717) is 5.56 Å². The first-order valence-electron chi connectivity index (χ1n) is 12.2. The molecule has 0 aliphatic carbocycles. The summed E-state index contributed by atoms with van der Waals surface area (Å²) >= 11 is 0. The van der Waals surface area contributed by atoms with Gasteiger partial charge in [-0.1, -0.05) is 54.6 Å². The van der Waals surface area contributed by atoms with E-state index in [0.717, 1.165) is 39.2 Å². The van der Waals surface area contributed by atoms with E-state index in [1.54, 1.807) is 0 Å². The first-order chi connectivity index (χ1) is 18.3. The Hall–Kier alpha value is -5.34. The van der Waals surface area contributed by atoms with Crippen LogP contribution in [0, 0.1) is 11.3 Å². The second-order valence-electron chi connectivity index (χ2n) is 9.28. The van der Waals surface area contributed by atoms with Gasteiger partial charge in [0.1, 0.15) is 0 Å². The van der Waals surface area contributed by atoms with Gasteiger partial charge in [0, 0.05) is 16.5 Å². The second-order valence-corrected chi connectivity index (χ2v) is 9.28. The molecule has 5 nitrogen and oxygen atoms in total. The van der Waals surface area contributed by atoms with Crippen LogP contribution in [0.3, 0.4) is 0 Å². The van der Waals surface area contributed by atoms with Crippen molar-refractivity contribution in [3.63, 3.8) is 0 Å². The lowest BCUT2D eigenvalue weighted by atomic mass is 10.2. The van der Waals surface area contributed by atoms with E-state index < -0.39 is 0 Å². The largest absolute Gasteiger partial charge is 0.309 e. The van der Waals surface area contributed by atoms with Gasteiger partial charge in [0.15, 0.2) is 0 Å². The fraction of sp³-hybridized carbons (Fsp3) is 0. The minimum Gasteiger partial charge on any atom is -0.309 e. The number of fused-ring (bicyclic) bond motifs is 8. The van der Waals surface area contributed by atoms with Crippen molar-refractivity contribution >= 4 is 49.7 Å². The van der Waals surface area contributed by atoms with Crippen LogP contribution in [0.15, 0.2) is 115 Å². The van der Waals surface area contributed by atoms with Crippen molar-refractivity contribution in [3.05, 3.63) is 121 Å². The predicted molar refractivity (Wildman–Crippen MR) is 149 cm³/mol. The Morgan fingerprint density at radius 3 is 1.97 bits per heavy atom. The molecule has 0 fully saturated rings. The molecule has 5 heteroatoms. The molecule has 0 amide bonds. The monoisotopic (exact) mass is 473 g/mol. The lowest BCUT2D eigenvalue weighted by Crippen LogP contribution is -1.96. The molecule has 8 rings (SSSR count). The van der Waals surface area contributed by atoms with Gasteiger partial charge in [-0.05, 0) is 60.7 Å². The van der Waals surface area contributed by atoms with Gasteiger partial charge in [0.25, 0.3) is 0 Å². The molecule has 0 N–H and O–H groups in total. The Bertz CT molecular complexity index is 2160. The smallest absolute Gasteiger partial charge is 0.220 e. The minimum atomic E-state index is 0.621. The summed E-state index contributed by atoms with van der Waals surface area (Å²) in [7, 11) is 0. The number of hydrogen-bond donors (Lipinski definition) is 0. The Morgan fingerprint density at radius 1 is 0.541 bits per heavy atom. The van der Waals surface area contributed by atoms with Crippen LogP contribution >= 0.6 is 0 Å². The van der Waals surface area contributed by atoms with Gasteiger partial charge < -0.3 is 4.57 Å². The van der Waals surface area contributed by atoms with Gasteiger partial charge in [-0.3, -0.25) is 8.97 Å². The molecule has 0 bridgehead atoms. The molecule has 0 radical (unpaired) electrons.